The molecule has 25 heavy (non-hydrogen) atoms. The van der Waals surface area contributed by atoms with Crippen LogP contribution in [0.25, 0.3) is 6.08 Å². The highest BCUT2D eigenvalue weighted by Crippen LogP contribution is 2.64. The number of thiazole rings is 1. The minimum Gasteiger partial charge on any atom is -0.480 e. The molecule has 2 aliphatic carbocycles. The highest BCUT2D eigenvalue weighted by atomic mass is 32.2. The number of carboxylic acid groups (broad SMARTS) is 1. The Hall–Kier alpha value is -1.87. The molecule has 2 aliphatic heterocycles. The molecule has 7 nitrogen and oxygen atoms in total. The maximum atomic E-state index is 12.8. The van der Waals surface area contributed by atoms with Crippen molar-refractivity contribution < 1.29 is 19.5 Å². The van der Waals surface area contributed by atoms with Crippen LogP contribution in [0.4, 0.5) is 0 Å². The van der Waals surface area contributed by atoms with E-state index in [-0.39, 0.29) is 33.8 Å². The number of aromatic amines is 1. The van der Waals surface area contributed by atoms with Gasteiger partial charge in [0.1, 0.15) is 6.04 Å². The predicted molar refractivity (Wildman–Crippen MR) is 90.1 cm³/mol. The fourth-order valence-electron chi connectivity index (χ4n) is 4.93. The van der Waals surface area contributed by atoms with E-state index in [4.69, 9.17) is 0 Å². The molecule has 2 amide bonds. The number of H-pyrrole nitrogens is 1. The van der Waals surface area contributed by atoms with Crippen LogP contribution in [0.1, 0.15) is 18.2 Å². The van der Waals surface area contributed by atoms with E-state index in [9.17, 15) is 24.3 Å². The van der Waals surface area contributed by atoms with Crippen molar-refractivity contribution in [3.8, 4) is 0 Å². The highest BCUT2D eigenvalue weighted by molar-refractivity contribution is 8.00. The average molecular weight is 378 g/mol. The predicted octanol–water partition coefficient (Wildman–Crippen LogP) is 1.02. The van der Waals surface area contributed by atoms with Crippen LogP contribution in [0.3, 0.4) is 0 Å². The van der Waals surface area contributed by atoms with Gasteiger partial charge in [0.05, 0.1) is 21.7 Å². The smallest absolute Gasteiger partial charge is 0.326 e. The van der Waals surface area contributed by atoms with Crippen molar-refractivity contribution in [3.63, 3.8) is 0 Å². The van der Waals surface area contributed by atoms with Gasteiger partial charge >= 0.3 is 10.8 Å². The molecule has 4 aliphatic rings. The highest BCUT2D eigenvalue weighted by Gasteiger charge is 2.67. The Morgan fingerprint density at radius 1 is 1.32 bits per heavy atom. The van der Waals surface area contributed by atoms with Gasteiger partial charge in [0, 0.05) is 5.25 Å². The molecule has 130 valence electrons. The van der Waals surface area contributed by atoms with E-state index in [1.54, 1.807) is 11.8 Å². The van der Waals surface area contributed by atoms with Gasteiger partial charge in [-0.3, -0.25) is 19.3 Å². The van der Waals surface area contributed by atoms with Crippen molar-refractivity contribution >= 4 is 47.0 Å². The van der Waals surface area contributed by atoms with Crippen molar-refractivity contribution in [1.29, 1.82) is 0 Å². The van der Waals surface area contributed by atoms with Crippen LogP contribution in [0.2, 0.25) is 0 Å². The summed E-state index contributed by atoms with van der Waals surface area (Å²) in [5.74, 6) is -2.75. The van der Waals surface area contributed by atoms with Crippen molar-refractivity contribution in [2.24, 2.45) is 23.7 Å². The van der Waals surface area contributed by atoms with E-state index < -0.39 is 23.8 Å². The molecule has 3 fully saturated rings. The summed E-state index contributed by atoms with van der Waals surface area (Å²) in [4.78, 5) is 53.1. The number of carbonyl (C=O) groups is 3. The summed E-state index contributed by atoms with van der Waals surface area (Å²) in [6.07, 6.45) is 2.78. The lowest BCUT2D eigenvalue weighted by Gasteiger charge is -2.32. The number of aromatic nitrogens is 1. The first-order valence-corrected chi connectivity index (χ1v) is 9.79. The number of aliphatic carboxylic acids is 1. The summed E-state index contributed by atoms with van der Waals surface area (Å²) >= 11 is 2.72. The Morgan fingerprint density at radius 2 is 2.04 bits per heavy atom. The lowest BCUT2D eigenvalue weighted by molar-refractivity contribution is -0.154. The molecular weight excluding hydrogens is 364 g/mol. The van der Waals surface area contributed by atoms with Crippen molar-refractivity contribution in [2.75, 3.05) is 0 Å². The number of nitrogens with zero attached hydrogens (tertiary/aromatic N) is 1. The van der Waals surface area contributed by atoms with Gasteiger partial charge in [0.15, 0.2) is 0 Å². The Morgan fingerprint density at radius 3 is 2.76 bits per heavy atom. The van der Waals surface area contributed by atoms with Crippen molar-refractivity contribution in [3.05, 3.63) is 20.1 Å². The van der Waals surface area contributed by atoms with Crippen molar-refractivity contribution in [1.82, 2.24) is 9.88 Å². The summed E-state index contributed by atoms with van der Waals surface area (Å²) in [6.45, 7) is 1.38. The van der Waals surface area contributed by atoms with Gasteiger partial charge in [-0.2, -0.15) is 0 Å². The molecule has 0 spiro atoms. The Labute approximate surface area is 150 Å². The minimum absolute atomic E-state index is 0.0187. The van der Waals surface area contributed by atoms with E-state index in [0.29, 0.717) is 0 Å². The zero-order chi connectivity index (χ0) is 17.6. The molecule has 2 bridgehead atoms. The molecular formula is C16H14N2O5S2. The Balaban J connectivity index is 1.55. The maximum Gasteiger partial charge on any atom is 0.326 e. The van der Waals surface area contributed by atoms with Crippen LogP contribution in [0.15, 0.2) is 15.4 Å². The van der Waals surface area contributed by atoms with E-state index in [1.807, 2.05) is 6.08 Å². The quantitative estimate of drug-likeness (QED) is 0.744. The van der Waals surface area contributed by atoms with E-state index in [0.717, 1.165) is 38.1 Å². The van der Waals surface area contributed by atoms with Crippen LogP contribution >= 0.6 is 23.1 Å². The van der Waals surface area contributed by atoms with Crippen LogP contribution in [0.5, 0.6) is 0 Å². The summed E-state index contributed by atoms with van der Waals surface area (Å²) in [5.41, 5.74) is 1.13. The molecule has 1 saturated heterocycles. The number of hydrogen-bond acceptors (Lipinski definition) is 6. The number of amides is 2. The summed E-state index contributed by atoms with van der Waals surface area (Å²) in [7, 11) is 0. The molecule has 1 aromatic rings. The number of nitrogens with one attached hydrogen (secondary N) is 1. The molecule has 6 unspecified atom stereocenters. The first-order chi connectivity index (χ1) is 11.9. The zero-order valence-corrected chi connectivity index (χ0v) is 14.7. The van der Waals surface area contributed by atoms with Gasteiger partial charge in [0.25, 0.3) is 0 Å². The van der Waals surface area contributed by atoms with Crippen LogP contribution in [-0.2, 0) is 14.4 Å². The van der Waals surface area contributed by atoms with E-state index in [2.05, 4.69) is 4.98 Å². The third-order valence-electron chi connectivity index (χ3n) is 5.93. The monoisotopic (exact) mass is 378 g/mol. The van der Waals surface area contributed by atoms with E-state index >= 15 is 0 Å². The van der Waals surface area contributed by atoms with E-state index in [1.165, 1.54) is 6.92 Å². The van der Waals surface area contributed by atoms with Gasteiger partial charge in [-0.15, -0.1) is 0 Å². The first kappa shape index (κ1) is 15.4. The number of rotatable bonds is 2. The number of carbonyl (C=O) groups excluding carboxylic acids is 2. The van der Waals surface area contributed by atoms with Crippen LogP contribution < -0.4 is 4.87 Å². The Kier molecular flexibility index (Phi) is 2.99. The number of hydrogen-bond donors (Lipinski definition) is 2. The zero-order valence-electron chi connectivity index (χ0n) is 13.1. The fraction of sp³-hybridized carbons (Fsp3) is 0.500. The molecule has 9 heteroatoms. The normalized spacial score (nSPS) is 36.1. The average Bonchev–Trinajstić information content (AvgIpc) is 3.25. The molecule has 0 radical (unpaired) electrons. The van der Waals surface area contributed by atoms with Gasteiger partial charge in [-0.05, 0) is 31.3 Å². The third kappa shape index (κ3) is 1.82. The molecule has 6 atom stereocenters. The molecule has 3 heterocycles. The maximum absolute atomic E-state index is 12.8. The summed E-state index contributed by atoms with van der Waals surface area (Å²) in [6, 6.07) is -1.13. The molecule has 5 rings (SSSR count). The number of imide groups is 1. The minimum atomic E-state index is -1.17. The number of carboxylic acids is 1. The van der Waals surface area contributed by atoms with Crippen molar-refractivity contribution in [2.45, 2.75) is 29.7 Å². The lowest BCUT2D eigenvalue weighted by atomic mass is 9.77. The second kappa shape index (κ2) is 4.85. The molecule has 2 N–H and O–H groups in total. The standard InChI is InChI=1S/C16H14N2O5S2/c1-4(15(21)22)18-13(19)9-5-2-7(10(9)14(18)20)11-6(5)3-8-12(25-11)17-16(23)24-8/h3-5,7,9-11H,2H2,1H3,(H,17,23)(H,21,22). The van der Waals surface area contributed by atoms with Gasteiger partial charge in [0.2, 0.25) is 11.8 Å². The first-order valence-electron chi connectivity index (χ1n) is 8.09. The fourth-order valence-corrected chi connectivity index (χ4v) is 7.37. The van der Waals surface area contributed by atoms with Gasteiger partial charge in [-0.25, -0.2) is 4.79 Å². The second-order valence-electron chi connectivity index (χ2n) is 7.01. The van der Waals surface area contributed by atoms with Crippen LogP contribution in [-0.4, -0.2) is 44.1 Å². The Bertz CT molecular complexity index is 931. The number of thioether (sulfide) groups is 1. The van der Waals surface area contributed by atoms with Gasteiger partial charge in [-0.1, -0.05) is 28.7 Å². The summed E-state index contributed by atoms with van der Waals surface area (Å²) in [5, 5.41) is 10.1. The topological polar surface area (TPSA) is 108 Å². The second-order valence-corrected chi connectivity index (χ2v) is 9.18. The third-order valence-corrected chi connectivity index (χ3v) is 8.32. The SMILES string of the molecule is CC(C(=O)O)N1C(=O)C2C3CC(C4Sc5[nH]c(=O)sc5C=C34)C2C1=O. The number of likely N-dealkylation sites (tertiary alicyclic amines) is 1. The summed E-state index contributed by atoms with van der Waals surface area (Å²) < 4.78 is 0. The van der Waals surface area contributed by atoms with Crippen LogP contribution in [0, 0.1) is 23.7 Å². The molecule has 2 saturated carbocycles. The van der Waals surface area contributed by atoms with Gasteiger partial charge < -0.3 is 10.1 Å². The molecule has 0 aromatic carbocycles. The largest absolute Gasteiger partial charge is 0.480 e. The number of fused-ring (bicyclic) bond motifs is 9. The molecule has 1 aromatic heterocycles. The lowest BCUT2D eigenvalue weighted by Crippen LogP contribution is -2.44.